The first-order valence-corrected chi connectivity index (χ1v) is 8.96. The van der Waals surface area contributed by atoms with Crippen molar-refractivity contribution in [1.29, 1.82) is 0 Å². The SMILES string of the molecule is Cc1cc(C)cc(N2CCN(c3ccccc3)CC2CCC(N)=O)c1. The predicted octanol–water partition coefficient (Wildman–Crippen LogP) is 3.26. The van der Waals surface area contributed by atoms with Crippen molar-refractivity contribution in [3.05, 3.63) is 59.7 Å². The van der Waals surface area contributed by atoms with Gasteiger partial charge in [0.05, 0.1) is 0 Å². The van der Waals surface area contributed by atoms with Gasteiger partial charge in [-0.15, -0.1) is 0 Å². The molecular weight excluding hydrogens is 310 g/mol. The fraction of sp³-hybridized carbons (Fsp3) is 0.381. The molecule has 1 fully saturated rings. The minimum atomic E-state index is -0.225. The summed E-state index contributed by atoms with van der Waals surface area (Å²) in [6.45, 7) is 7.10. The maximum Gasteiger partial charge on any atom is 0.217 e. The van der Waals surface area contributed by atoms with Crippen LogP contribution in [0.2, 0.25) is 0 Å². The van der Waals surface area contributed by atoms with E-state index in [4.69, 9.17) is 5.73 Å². The zero-order valence-electron chi connectivity index (χ0n) is 15.1. The standard InChI is InChI=1S/C21H27N3O/c1-16-12-17(2)14-20(13-16)24-11-10-23(18-6-4-3-5-7-18)15-19(24)8-9-21(22)25/h3-7,12-14,19H,8-11,15H2,1-2H3,(H2,22,25). The van der Waals surface area contributed by atoms with Crippen LogP contribution < -0.4 is 15.5 Å². The number of aryl methyl sites for hydroxylation is 2. The van der Waals surface area contributed by atoms with E-state index >= 15 is 0 Å². The normalized spacial score (nSPS) is 17.6. The number of primary amides is 1. The highest BCUT2D eigenvalue weighted by atomic mass is 16.1. The fourth-order valence-corrected chi connectivity index (χ4v) is 3.74. The maximum atomic E-state index is 11.3. The first-order chi connectivity index (χ1) is 12.0. The second-order valence-electron chi connectivity index (χ2n) is 6.98. The third-order valence-corrected chi connectivity index (χ3v) is 4.87. The van der Waals surface area contributed by atoms with E-state index in [1.165, 1.54) is 22.5 Å². The third-order valence-electron chi connectivity index (χ3n) is 4.87. The van der Waals surface area contributed by atoms with Crippen LogP contribution in [-0.2, 0) is 4.79 Å². The second-order valence-corrected chi connectivity index (χ2v) is 6.98. The van der Waals surface area contributed by atoms with Gasteiger partial charge in [-0.2, -0.15) is 0 Å². The van der Waals surface area contributed by atoms with E-state index in [1.54, 1.807) is 0 Å². The molecule has 1 aliphatic rings. The lowest BCUT2D eigenvalue weighted by molar-refractivity contribution is -0.118. The number of nitrogens with zero attached hydrogens (tertiary/aromatic N) is 2. The molecule has 2 N–H and O–H groups in total. The summed E-state index contributed by atoms with van der Waals surface area (Å²) in [5.74, 6) is -0.225. The molecule has 1 saturated heterocycles. The van der Waals surface area contributed by atoms with Crippen molar-refractivity contribution in [2.45, 2.75) is 32.7 Å². The van der Waals surface area contributed by atoms with Crippen LogP contribution in [-0.4, -0.2) is 31.6 Å². The molecule has 132 valence electrons. The summed E-state index contributed by atoms with van der Waals surface area (Å²) in [4.78, 5) is 16.2. The molecule has 0 spiro atoms. The summed E-state index contributed by atoms with van der Waals surface area (Å²) < 4.78 is 0. The second kappa shape index (κ2) is 7.60. The van der Waals surface area contributed by atoms with E-state index in [0.717, 1.165) is 26.1 Å². The van der Waals surface area contributed by atoms with Gasteiger partial charge in [0.2, 0.25) is 5.91 Å². The van der Waals surface area contributed by atoms with E-state index in [9.17, 15) is 4.79 Å². The first kappa shape index (κ1) is 17.3. The lowest BCUT2D eigenvalue weighted by Gasteiger charge is -2.44. The van der Waals surface area contributed by atoms with Gasteiger partial charge in [0.15, 0.2) is 0 Å². The van der Waals surface area contributed by atoms with Gasteiger partial charge in [0.1, 0.15) is 0 Å². The molecule has 1 unspecified atom stereocenters. The summed E-state index contributed by atoms with van der Waals surface area (Å²) >= 11 is 0. The molecule has 0 aliphatic carbocycles. The molecular formula is C21H27N3O. The van der Waals surface area contributed by atoms with Gasteiger partial charge in [-0.3, -0.25) is 4.79 Å². The lowest BCUT2D eigenvalue weighted by Crippen LogP contribution is -2.53. The Balaban J connectivity index is 1.83. The molecule has 0 bridgehead atoms. The average molecular weight is 337 g/mol. The Labute approximate surface area is 150 Å². The molecule has 0 aromatic heterocycles. The molecule has 1 atom stereocenters. The molecule has 25 heavy (non-hydrogen) atoms. The van der Waals surface area contributed by atoms with E-state index in [-0.39, 0.29) is 11.9 Å². The molecule has 1 amide bonds. The predicted molar refractivity (Wildman–Crippen MR) is 104 cm³/mol. The Morgan fingerprint density at radius 2 is 1.72 bits per heavy atom. The van der Waals surface area contributed by atoms with Crippen LogP contribution in [0.4, 0.5) is 11.4 Å². The molecule has 4 nitrogen and oxygen atoms in total. The topological polar surface area (TPSA) is 49.6 Å². The third kappa shape index (κ3) is 4.32. The monoisotopic (exact) mass is 337 g/mol. The summed E-state index contributed by atoms with van der Waals surface area (Å²) in [7, 11) is 0. The van der Waals surface area contributed by atoms with Crippen LogP contribution in [0.25, 0.3) is 0 Å². The lowest BCUT2D eigenvalue weighted by atomic mass is 10.0. The molecule has 1 aliphatic heterocycles. The van der Waals surface area contributed by atoms with Gasteiger partial charge in [0, 0.05) is 43.5 Å². The smallest absolute Gasteiger partial charge is 0.217 e. The number of benzene rings is 2. The number of piperazine rings is 1. The number of nitrogens with two attached hydrogens (primary N) is 1. The number of rotatable bonds is 5. The van der Waals surface area contributed by atoms with E-state index < -0.39 is 0 Å². The Morgan fingerprint density at radius 1 is 1.04 bits per heavy atom. The van der Waals surface area contributed by atoms with Crippen LogP contribution >= 0.6 is 0 Å². The van der Waals surface area contributed by atoms with Crippen LogP contribution in [0.15, 0.2) is 48.5 Å². The van der Waals surface area contributed by atoms with Crippen LogP contribution in [0.1, 0.15) is 24.0 Å². The number of hydrogen-bond donors (Lipinski definition) is 1. The van der Waals surface area contributed by atoms with Gasteiger partial charge in [-0.1, -0.05) is 24.3 Å². The maximum absolute atomic E-state index is 11.3. The number of carbonyl (C=O) groups excluding carboxylic acids is 1. The van der Waals surface area contributed by atoms with Crippen molar-refractivity contribution < 1.29 is 4.79 Å². The number of para-hydroxylation sites is 1. The van der Waals surface area contributed by atoms with Gasteiger partial charge in [-0.05, 0) is 55.7 Å². The zero-order chi connectivity index (χ0) is 17.8. The quantitative estimate of drug-likeness (QED) is 0.911. The number of hydrogen-bond acceptors (Lipinski definition) is 3. The zero-order valence-corrected chi connectivity index (χ0v) is 15.1. The highest BCUT2D eigenvalue weighted by Gasteiger charge is 2.27. The van der Waals surface area contributed by atoms with Crippen LogP contribution in [0, 0.1) is 13.8 Å². The summed E-state index contributed by atoms with van der Waals surface area (Å²) in [6.07, 6.45) is 1.21. The van der Waals surface area contributed by atoms with E-state index in [1.807, 2.05) is 6.07 Å². The highest BCUT2D eigenvalue weighted by molar-refractivity contribution is 5.73. The van der Waals surface area contributed by atoms with Crippen molar-refractivity contribution in [2.24, 2.45) is 5.73 Å². The van der Waals surface area contributed by atoms with Crippen molar-refractivity contribution in [3.63, 3.8) is 0 Å². The van der Waals surface area contributed by atoms with Gasteiger partial charge < -0.3 is 15.5 Å². The summed E-state index contributed by atoms with van der Waals surface area (Å²) in [5.41, 5.74) is 10.5. The molecule has 0 radical (unpaired) electrons. The molecule has 2 aromatic rings. The highest BCUT2D eigenvalue weighted by Crippen LogP contribution is 2.27. The number of carbonyl (C=O) groups is 1. The molecule has 1 heterocycles. The Bertz CT molecular complexity index is 709. The number of anilines is 2. The first-order valence-electron chi connectivity index (χ1n) is 8.96. The minimum Gasteiger partial charge on any atom is -0.370 e. The van der Waals surface area contributed by atoms with Crippen molar-refractivity contribution in [3.8, 4) is 0 Å². The molecule has 3 rings (SSSR count). The Hall–Kier alpha value is -2.49. The van der Waals surface area contributed by atoms with E-state index in [0.29, 0.717) is 6.42 Å². The summed E-state index contributed by atoms with van der Waals surface area (Å²) in [5, 5.41) is 0. The Morgan fingerprint density at radius 3 is 2.36 bits per heavy atom. The Kier molecular flexibility index (Phi) is 5.27. The molecule has 4 heteroatoms. The molecule has 2 aromatic carbocycles. The fourth-order valence-electron chi connectivity index (χ4n) is 3.74. The van der Waals surface area contributed by atoms with Gasteiger partial charge in [0.25, 0.3) is 0 Å². The van der Waals surface area contributed by atoms with Crippen LogP contribution in [0.5, 0.6) is 0 Å². The van der Waals surface area contributed by atoms with E-state index in [2.05, 4.69) is 66.1 Å². The molecule has 0 saturated carbocycles. The van der Waals surface area contributed by atoms with Crippen molar-refractivity contribution in [2.75, 3.05) is 29.4 Å². The van der Waals surface area contributed by atoms with Crippen LogP contribution in [0.3, 0.4) is 0 Å². The summed E-state index contributed by atoms with van der Waals surface area (Å²) in [6, 6.07) is 17.4. The van der Waals surface area contributed by atoms with Crippen molar-refractivity contribution in [1.82, 2.24) is 0 Å². The van der Waals surface area contributed by atoms with Crippen molar-refractivity contribution >= 4 is 17.3 Å². The minimum absolute atomic E-state index is 0.225. The van der Waals surface area contributed by atoms with Gasteiger partial charge >= 0.3 is 0 Å². The van der Waals surface area contributed by atoms with Gasteiger partial charge in [-0.25, -0.2) is 0 Å². The largest absolute Gasteiger partial charge is 0.370 e. The number of amides is 1. The average Bonchev–Trinajstić information content (AvgIpc) is 2.59.